The summed E-state index contributed by atoms with van der Waals surface area (Å²) in [6, 6.07) is 10.00. The zero-order valence-corrected chi connectivity index (χ0v) is 16.3. The summed E-state index contributed by atoms with van der Waals surface area (Å²) in [5.74, 6) is 1.92. The molecule has 0 bridgehead atoms. The van der Waals surface area contributed by atoms with E-state index < -0.39 is 9.84 Å². The first-order chi connectivity index (χ1) is 13.6. The van der Waals surface area contributed by atoms with Gasteiger partial charge in [0.1, 0.15) is 11.9 Å². The van der Waals surface area contributed by atoms with E-state index in [0.717, 1.165) is 59.7 Å². The van der Waals surface area contributed by atoms with Crippen molar-refractivity contribution < 1.29 is 13.2 Å². The van der Waals surface area contributed by atoms with Crippen LogP contribution in [0.3, 0.4) is 0 Å². The van der Waals surface area contributed by atoms with Gasteiger partial charge in [0.25, 0.3) is 0 Å². The highest BCUT2D eigenvalue weighted by Crippen LogP contribution is 2.29. The first kappa shape index (κ1) is 17.5. The van der Waals surface area contributed by atoms with E-state index in [1.54, 1.807) is 0 Å². The summed E-state index contributed by atoms with van der Waals surface area (Å²) < 4.78 is 30.1. The van der Waals surface area contributed by atoms with Gasteiger partial charge in [0.15, 0.2) is 15.7 Å². The molecule has 3 aromatic rings. The highest BCUT2D eigenvalue weighted by Gasteiger charge is 2.26. The Bertz CT molecular complexity index is 1120. The topological polar surface area (TPSA) is 88.2 Å². The number of aromatic amines is 1. The van der Waals surface area contributed by atoms with Crippen molar-refractivity contribution in [2.45, 2.75) is 31.1 Å². The van der Waals surface area contributed by atoms with Gasteiger partial charge in [-0.1, -0.05) is 6.07 Å². The van der Waals surface area contributed by atoms with E-state index in [-0.39, 0.29) is 17.6 Å². The van der Waals surface area contributed by atoms with Crippen LogP contribution in [0, 0.1) is 0 Å². The van der Waals surface area contributed by atoms with Crippen molar-refractivity contribution in [3.8, 4) is 5.75 Å². The van der Waals surface area contributed by atoms with Crippen LogP contribution < -0.4 is 9.64 Å². The average molecular weight is 398 g/mol. The SMILES string of the molecule is O=S1(=O)CCc2nnc(N3CCC(Oc4cccc5[nH]ccc45)CC3)cc2C1. The second kappa shape index (κ2) is 6.77. The van der Waals surface area contributed by atoms with E-state index in [0.29, 0.717) is 6.42 Å². The molecule has 0 spiro atoms. The van der Waals surface area contributed by atoms with Crippen LogP contribution in [0.1, 0.15) is 24.1 Å². The van der Waals surface area contributed by atoms with Gasteiger partial charge in [-0.2, -0.15) is 5.10 Å². The van der Waals surface area contributed by atoms with Crippen molar-refractivity contribution in [3.63, 3.8) is 0 Å². The molecule has 1 saturated heterocycles. The quantitative estimate of drug-likeness (QED) is 0.729. The molecule has 2 aliphatic heterocycles. The number of anilines is 1. The van der Waals surface area contributed by atoms with Crippen molar-refractivity contribution in [3.05, 3.63) is 47.8 Å². The Morgan fingerprint density at radius 1 is 1.14 bits per heavy atom. The second-order valence-electron chi connectivity index (χ2n) is 7.52. The smallest absolute Gasteiger partial charge is 0.154 e. The van der Waals surface area contributed by atoms with Crippen LogP contribution in [0.15, 0.2) is 36.5 Å². The highest BCUT2D eigenvalue weighted by molar-refractivity contribution is 7.90. The molecule has 146 valence electrons. The molecule has 2 aliphatic rings. The summed E-state index contributed by atoms with van der Waals surface area (Å²) in [6.45, 7) is 1.63. The van der Waals surface area contributed by atoms with Crippen LogP contribution in [0.4, 0.5) is 5.82 Å². The third-order valence-corrected chi connectivity index (χ3v) is 7.16. The number of hydrogen-bond donors (Lipinski definition) is 1. The second-order valence-corrected chi connectivity index (χ2v) is 9.70. The monoisotopic (exact) mass is 398 g/mol. The third-order valence-electron chi connectivity index (χ3n) is 5.59. The summed E-state index contributed by atoms with van der Waals surface area (Å²) in [5, 5.41) is 9.73. The van der Waals surface area contributed by atoms with Gasteiger partial charge in [-0.3, -0.25) is 0 Å². The summed E-state index contributed by atoms with van der Waals surface area (Å²) in [5.41, 5.74) is 2.69. The number of H-pyrrole nitrogens is 1. The van der Waals surface area contributed by atoms with E-state index in [4.69, 9.17) is 4.74 Å². The lowest BCUT2D eigenvalue weighted by molar-refractivity contribution is 0.173. The first-order valence-electron chi connectivity index (χ1n) is 9.61. The van der Waals surface area contributed by atoms with Crippen molar-refractivity contribution in [2.75, 3.05) is 23.7 Å². The molecular weight excluding hydrogens is 376 g/mol. The molecule has 4 heterocycles. The van der Waals surface area contributed by atoms with Crippen molar-refractivity contribution in [1.29, 1.82) is 0 Å². The van der Waals surface area contributed by atoms with Gasteiger partial charge >= 0.3 is 0 Å². The molecule has 5 rings (SSSR count). The number of aryl methyl sites for hydroxylation is 1. The minimum Gasteiger partial charge on any atom is -0.490 e. The molecule has 1 fully saturated rings. The van der Waals surface area contributed by atoms with Gasteiger partial charge in [-0.05, 0) is 29.8 Å². The molecule has 0 radical (unpaired) electrons. The number of benzene rings is 1. The van der Waals surface area contributed by atoms with Gasteiger partial charge in [0.2, 0.25) is 0 Å². The number of nitrogens with zero attached hydrogens (tertiary/aromatic N) is 3. The largest absolute Gasteiger partial charge is 0.490 e. The van der Waals surface area contributed by atoms with Gasteiger partial charge in [0, 0.05) is 49.5 Å². The Morgan fingerprint density at radius 2 is 2.00 bits per heavy atom. The number of hydrogen-bond acceptors (Lipinski definition) is 6. The molecule has 7 nitrogen and oxygen atoms in total. The predicted octanol–water partition coefficient (Wildman–Crippen LogP) is 2.48. The molecule has 28 heavy (non-hydrogen) atoms. The Hall–Kier alpha value is -2.61. The number of piperidine rings is 1. The lowest BCUT2D eigenvalue weighted by Gasteiger charge is -2.33. The van der Waals surface area contributed by atoms with E-state index in [1.807, 2.05) is 36.5 Å². The maximum atomic E-state index is 11.9. The van der Waals surface area contributed by atoms with Gasteiger partial charge < -0.3 is 14.6 Å². The van der Waals surface area contributed by atoms with Gasteiger partial charge in [-0.15, -0.1) is 5.10 Å². The molecular formula is C20H22N4O3S. The molecule has 0 unspecified atom stereocenters. The van der Waals surface area contributed by atoms with E-state index >= 15 is 0 Å². The molecule has 1 aromatic carbocycles. The van der Waals surface area contributed by atoms with Crippen LogP contribution in [-0.2, 0) is 22.0 Å². The number of aromatic nitrogens is 3. The summed E-state index contributed by atoms with van der Waals surface area (Å²) in [7, 11) is -3.01. The van der Waals surface area contributed by atoms with E-state index in [2.05, 4.69) is 20.1 Å². The predicted molar refractivity (Wildman–Crippen MR) is 107 cm³/mol. The lowest BCUT2D eigenvalue weighted by Crippen LogP contribution is -2.39. The molecule has 0 atom stereocenters. The normalized spacial score (nSPS) is 19.5. The third kappa shape index (κ3) is 3.32. The standard InChI is InChI=1S/C20H22N4O3S/c25-28(26)11-7-17-14(13-28)12-20(23-22-17)24-9-5-15(6-10-24)27-19-3-1-2-18-16(19)4-8-21-18/h1-4,8,12,15,21H,5-7,9-11,13H2. The van der Waals surface area contributed by atoms with Crippen molar-refractivity contribution >= 4 is 26.6 Å². The lowest BCUT2D eigenvalue weighted by atomic mass is 10.1. The Labute approximate surface area is 163 Å². The maximum Gasteiger partial charge on any atom is 0.154 e. The zero-order chi connectivity index (χ0) is 19.1. The molecule has 0 amide bonds. The Balaban J connectivity index is 1.27. The van der Waals surface area contributed by atoms with Crippen LogP contribution in [0.2, 0.25) is 0 Å². The van der Waals surface area contributed by atoms with Crippen LogP contribution in [0.25, 0.3) is 10.9 Å². The van der Waals surface area contributed by atoms with Gasteiger partial charge in [-0.25, -0.2) is 8.42 Å². The summed E-state index contributed by atoms with van der Waals surface area (Å²) >= 11 is 0. The fraction of sp³-hybridized carbons (Fsp3) is 0.400. The van der Waals surface area contributed by atoms with Crippen molar-refractivity contribution in [1.82, 2.24) is 15.2 Å². The summed E-state index contributed by atoms with van der Waals surface area (Å²) in [6.07, 6.45) is 4.32. The fourth-order valence-corrected chi connectivity index (χ4v) is 5.41. The van der Waals surface area contributed by atoms with Crippen LogP contribution in [0.5, 0.6) is 5.75 Å². The molecule has 1 N–H and O–H groups in total. The minimum atomic E-state index is -3.01. The average Bonchev–Trinajstić information content (AvgIpc) is 3.17. The molecule has 2 aromatic heterocycles. The number of rotatable bonds is 3. The number of ether oxygens (including phenoxy) is 1. The number of sulfone groups is 1. The minimum absolute atomic E-state index is 0.0745. The summed E-state index contributed by atoms with van der Waals surface area (Å²) in [4.78, 5) is 5.38. The first-order valence-corrected chi connectivity index (χ1v) is 11.4. The Kier molecular flexibility index (Phi) is 4.23. The van der Waals surface area contributed by atoms with Crippen LogP contribution in [-0.4, -0.2) is 48.5 Å². The zero-order valence-electron chi connectivity index (χ0n) is 15.5. The number of nitrogens with one attached hydrogen (secondary N) is 1. The molecule has 0 saturated carbocycles. The Morgan fingerprint density at radius 3 is 2.86 bits per heavy atom. The van der Waals surface area contributed by atoms with Gasteiger partial charge in [0.05, 0.1) is 17.2 Å². The highest BCUT2D eigenvalue weighted by atomic mass is 32.2. The molecule has 0 aliphatic carbocycles. The maximum absolute atomic E-state index is 11.9. The number of fused-ring (bicyclic) bond motifs is 2. The van der Waals surface area contributed by atoms with Crippen LogP contribution >= 0.6 is 0 Å². The fourth-order valence-electron chi connectivity index (χ4n) is 4.04. The van der Waals surface area contributed by atoms with Crippen molar-refractivity contribution in [2.24, 2.45) is 0 Å². The van der Waals surface area contributed by atoms with E-state index in [9.17, 15) is 8.42 Å². The molecule has 8 heteroatoms. The van der Waals surface area contributed by atoms with E-state index in [1.165, 1.54) is 0 Å².